The number of guanidine groups is 1. The molecule has 0 aliphatic carbocycles. The van der Waals surface area contributed by atoms with E-state index in [2.05, 4.69) is 10.3 Å². The minimum absolute atomic E-state index is 0.0134. The highest BCUT2D eigenvalue weighted by atomic mass is 16.4. The molecule has 10 nitrogen and oxygen atoms in total. The third-order valence-corrected chi connectivity index (χ3v) is 4.45. The van der Waals surface area contributed by atoms with E-state index < -0.39 is 30.0 Å². The van der Waals surface area contributed by atoms with E-state index in [4.69, 9.17) is 17.2 Å². The fourth-order valence-electron chi connectivity index (χ4n) is 3.12. The van der Waals surface area contributed by atoms with E-state index in [0.29, 0.717) is 45.2 Å². The second-order valence-corrected chi connectivity index (χ2v) is 7.27. The van der Waals surface area contributed by atoms with Crippen LogP contribution in [0.25, 0.3) is 0 Å². The highest BCUT2D eigenvalue weighted by Gasteiger charge is 2.37. The lowest BCUT2D eigenvalue weighted by atomic mass is 10.0. The maximum atomic E-state index is 12.6. The number of amides is 2. The van der Waals surface area contributed by atoms with Crippen LogP contribution in [0.1, 0.15) is 46.0 Å². The van der Waals surface area contributed by atoms with Gasteiger partial charge in [0.05, 0.1) is 6.04 Å². The van der Waals surface area contributed by atoms with Gasteiger partial charge in [-0.2, -0.15) is 0 Å². The third kappa shape index (κ3) is 7.41. The highest BCUT2D eigenvalue weighted by molar-refractivity contribution is 5.92. The Kier molecular flexibility index (Phi) is 8.99. The summed E-state index contributed by atoms with van der Waals surface area (Å²) in [6, 6.07) is -2.41. The van der Waals surface area contributed by atoms with Crippen LogP contribution in [0.5, 0.6) is 0 Å². The molecule has 0 aromatic carbocycles. The fraction of sp³-hybridized carbons (Fsp3) is 0.765. The monoisotopic (exact) mass is 384 g/mol. The van der Waals surface area contributed by atoms with E-state index in [1.165, 1.54) is 4.90 Å². The maximum absolute atomic E-state index is 12.6. The van der Waals surface area contributed by atoms with Crippen molar-refractivity contribution in [3.8, 4) is 0 Å². The lowest BCUT2D eigenvalue weighted by molar-refractivity contribution is -0.144. The first-order chi connectivity index (χ1) is 12.6. The standard InChI is InChI=1S/C17H32N6O4/c1-10(2)9-12(16(26)27)22-14(24)13-6-4-8-23(13)15(25)11(18)5-3-7-21-17(19)20/h10-13H,3-9,18H2,1-2H3,(H,22,24)(H,26,27)(H4,19,20,21)/t11-,12-,13-/m0/s1. The molecule has 1 rings (SSSR count). The molecule has 10 heteroatoms. The molecule has 2 amide bonds. The molecule has 0 radical (unpaired) electrons. The van der Waals surface area contributed by atoms with Crippen LogP contribution < -0.4 is 22.5 Å². The number of hydrogen-bond acceptors (Lipinski definition) is 5. The molecule has 0 unspecified atom stereocenters. The van der Waals surface area contributed by atoms with Crippen LogP contribution in [0.3, 0.4) is 0 Å². The van der Waals surface area contributed by atoms with E-state index in [0.717, 1.165) is 0 Å². The number of rotatable bonds is 10. The summed E-state index contributed by atoms with van der Waals surface area (Å²) in [5.74, 6) is -1.73. The van der Waals surface area contributed by atoms with Gasteiger partial charge in [0.2, 0.25) is 11.8 Å². The van der Waals surface area contributed by atoms with Crippen LogP contribution in [-0.4, -0.2) is 65.0 Å². The lowest BCUT2D eigenvalue weighted by Crippen LogP contribution is -2.54. The number of likely N-dealkylation sites (tertiary alicyclic amines) is 1. The van der Waals surface area contributed by atoms with Crippen LogP contribution in [0.2, 0.25) is 0 Å². The van der Waals surface area contributed by atoms with Crippen molar-refractivity contribution in [2.24, 2.45) is 28.1 Å². The number of nitrogens with zero attached hydrogens (tertiary/aromatic N) is 2. The number of aliphatic carboxylic acids is 1. The predicted molar refractivity (Wildman–Crippen MR) is 102 cm³/mol. The van der Waals surface area contributed by atoms with Crippen molar-refractivity contribution in [3.63, 3.8) is 0 Å². The summed E-state index contributed by atoms with van der Waals surface area (Å²) in [4.78, 5) is 41.8. The van der Waals surface area contributed by atoms with Gasteiger partial charge in [-0.05, 0) is 38.0 Å². The second kappa shape index (κ2) is 10.7. The van der Waals surface area contributed by atoms with Gasteiger partial charge in [0.25, 0.3) is 0 Å². The van der Waals surface area contributed by atoms with Gasteiger partial charge in [0, 0.05) is 13.1 Å². The zero-order valence-corrected chi connectivity index (χ0v) is 16.1. The summed E-state index contributed by atoms with van der Waals surface area (Å²) >= 11 is 0. The number of carbonyl (C=O) groups is 3. The molecular weight excluding hydrogens is 352 g/mol. The Labute approximate surface area is 159 Å². The quantitative estimate of drug-likeness (QED) is 0.182. The molecular formula is C17H32N6O4. The molecule has 8 N–H and O–H groups in total. The van der Waals surface area contributed by atoms with Crippen LogP contribution in [0, 0.1) is 5.92 Å². The first-order valence-corrected chi connectivity index (χ1v) is 9.28. The number of carboxylic acids is 1. The Hall–Kier alpha value is -2.36. The van der Waals surface area contributed by atoms with E-state index in [9.17, 15) is 19.5 Å². The van der Waals surface area contributed by atoms with Gasteiger partial charge >= 0.3 is 5.97 Å². The molecule has 3 atom stereocenters. The molecule has 0 aromatic heterocycles. The van der Waals surface area contributed by atoms with Crippen molar-refractivity contribution in [1.82, 2.24) is 10.2 Å². The van der Waals surface area contributed by atoms with Gasteiger partial charge < -0.3 is 32.5 Å². The number of aliphatic imine (C=N–C) groups is 1. The average Bonchev–Trinajstić information content (AvgIpc) is 3.06. The summed E-state index contributed by atoms with van der Waals surface area (Å²) in [5.41, 5.74) is 16.5. The topological polar surface area (TPSA) is 177 Å². The molecule has 0 bridgehead atoms. The number of hydrogen-bond donors (Lipinski definition) is 5. The van der Waals surface area contributed by atoms with E-state index in [1.807, 2.05) is 13.8 Å². The molecule has 0 saturated carbocycles. The van der Waals surface area contributed by atoms with Gasteiger partial charge in [0.1, 0.15) is 12.1 Å². The van der Waals surface area contributed by atoms with Crippen molar-refractivity contribution in [1.29, 1.82) is 0 Å². The Morgan fingerprint density at radius 1 is 1.30 bits per heavy atom. The number of nitrogens with two attached hydrogens (primary N) is 3. The summed E-state index contributed by atoms with van der Waals surface area (Å²) in [6.07, 6.45) is 2.43. The minimum Gasteiger partial charge on any atom is -0.480 e. The van der Waals surface area contributed by atoms with Crippen LogP contribution in [-0.2, 0) is 14.4 Å². The highest BCUT2D eigenvalue weighted by Crippen LogP contribution is 2.20. The van der Waals surface area contributed by atoms with Crippen molar-refractivity contribution in [3.05, 3.63) is 0 Å². The molecule has 1 fully saturated rings. The van der Waals surface area contributed by atoms with Crippen molar-refractivity contribution in [2.45, 2.75) is 64.1 Å². The lowest BCUT2D eigenvalue weighted by Gasteiger charge is -2.28. The first-order valence-electron chi connectivity index (χ1n) is 9.28. The summed E-state index contributed by atoms with van der Waals surface area (Å²) in [6.45, 7) is 4.58. The van der Waals surface area contributed by atoms with Crippen molar-refractivity contribution >= 4 is 23.7 Å². The van der Waals surface area contributed by atoms with Crippen molar-refractivity contribution in [2.75, 3.05) is 13.1 Å². The maximum Gasteiger partial charge on any atom is 0.326 e. The molecule has 27 heavy (non-hydrogen) atoms. The second-order valence-electron chi connectivity index (χ2n) is 7.27. The molecule has 154 valence electrons. The number of nitrogens with one attached hydrogen (secondary N) is 1. The van der Waals surface area contributed by atoms with E-state index >= 15 is 0 Å². The van der Waals surface area contributed by atoms with Gasteiger partial charge in [-0.25, -0.2) is 4.79 Å². The zero-order chi connectivity index (χ0) is 20.6. The third-order valence-electron chi connectivity index (χ3n) is 4.45. The van der Waals surface area contributed by atoms with Gasteiger partial charge in [-0.1, -0.05) is 13.8 Å². The SMILES string of the molecule is CC(C)C[C@H](NC(=O)[C@@H]1CCCN1C(=O)[C@@H](N)CCCN=C(N)N)C(=O)O. The largest absolute Gasteiger partial charge is 0.480 e. The Balaban J connectivity index is 2.65. The molecule has 1 aliphatic rings. The summed E-state index contributed by atoms with van der Waals surface area (Å²) in [7, 11) is 0. The van der Waals surface area contributed by atoms with Gasteiger partial charge in [-0.3, -0.25) is 14.6 Å². The van der Waals surface area contributed by atoms with E-state index in [1.54, 1.807) is 0 Å². The van der Waals surface area contributed by atoms with Gasteiger partial charge in [0.15, 0.2) is 5.96 Å². The Bertz CT molecular complexity index is 562. The van der Waals surface area contributed by atoms with Crippen LogP contribution >= 0.6 is 0 Å². The van der Waals surface area contributed by atoms with Crippen LogP contribution in [0.15, 0.2) is 4.99 Å². The summed E-state index contributed by atoms with van der Waals surface area (Å²) in [5, 5.41) is 11.9. The summed E-state index contributed by atoms with van der Waals surface area (Å²) < 4.78 is 0. The predicted octanol–water partition coefficient (Wildman–Crippen LogP) is -1.03. The normalized spacial score (nSPS) is 18.8. The zero-order valence-electron chi connectivity index (χ0n) is 16.1. The molecule has 1 saturated heterocycles. The van der Waals surface area contributed by atoms with Crippen LogP contribution in [0.4, 0.5) is 0 Å². The molecule has 0 aromatic rings. The van der Waals surface area contributed by atoms with E-state index in [-0.39, 0.29) is 17.8 Å². The minimum atomic E-state index is -1.08. The van der Waals surface area contributed by atoms with Crippen molar-refractivity contribution < 1.29 is 19.5 Å². The molecule has 0 spiro atoms. The smallest absolute Gasteiger partial charge is 0.326 e. The Morgan fingerprint density at radius 2 is 1.96 bits per heavy atom. The fourth-order valence-corrected chi connectivity index (χ4v) is 3.12. The first kappa shape index (κ1) is 22.7. The number of carbonyl (C=O) groups excluding carboxylic acids is 2. The molecule has 1 heterocycles. The molecule has 1 aliphatic heterocycles. The van der Waals surface area contributed by atoms with Gasteiger partial charge in [-0.15, -0.1) is 0 Å². The average molecular weight is 384 g/mol. The number of carboxylic acid groups (broad SMARTS) is 1. The Morgan fingerprint density at radius 3 is 2.52 bits per heavy atom.